The van der Waals surface area contributed by atoms with Crippen LogP contribution in [0.25, 0.3) is 11.1 Å². The van der Waals surface area contributed by atoms with E-state index >= 15 is 0 Å². The molecule has 1 aliphatic rings. The Morgan fingerprint density at radius 2 is 2.00 bits per heavy atom. The van der Waals surface area contributed by atoms with E-state index in [1.165, 1.54) is 6.20 Å². The molecular formula is C22H19F2N3O3. The maximum absolute atomic E-state index is 12.7. The van der Waals surface area contributed by atoms with E-state index in [1.54, 1.807) is 55.0 Å². The molecule has 2 aromatic heterocycles. The van der Waals surface area contributed by atoms with Gasteiger partial charge in [-0.3, -0.25) is 14.8 Å². The number of hydrogen-bond donors (Lipinski definition) is 1. The molecule has 154 valence electrons. The van der Waals surface area contributed by atoms with E-state index in [2.05, 4.69) is 15.3 Å². The predicted octanol–water partition coefficient (Wildman–Crippen LogP) is 3.52. The topological polar surface area (TPSA) is 73.3 Å². The van der Waals surface area contributed by atoms with Crippen molar-refractivity contribution in [2.24, 2.45) is 0 Å². The second-order valence-electron chi connectivity index (χ2n) is 6.78. The average Bonchev–Trinajstić information content (AvgIpc) is 2.78. The third-order valence-electron chi connectivity index (χ3n) is 4.71. The van der Waals surface area contributed by atoms with Gasteiger partial charge in [0.15, 0.2) is 0 Å². The van der Waals surface area contributed by atoms with Gasteiger partial charge < -0.3 is 14.8 Å². The van der Waals surface area contributed by atoms with Gasteiger partial charge >= 0.3 is 0 Å². The first kappa shape index (κ1) is 19.8. The Balaban J connectivity index is 1.64. The second kappa shape index (κ2) is 8.86. The van der Waals surface area contributed by atoms with Crippen molar-refractivity contribution < 1.29 is 23.0 Å². The summed E-state index contributed by atoms with van der Waals surface area (Å²) in [5, 5.41) is 2.95. The molecule has 8 heteroatoms. The Morgan fingerprint density at radius 3 is 2.73 bits per heavy atom. The molecule has 1 amide bonds. The van der Waals surface area contributed by atoms with Crippen molar-refractivity contribution in [1.29, 1.82) is 0 Å². The van der Waals surface area contributed by atoms with Crippen LogP contribution in [0.15, 0.2) is 61.2 Å². The van der Waals surface area contributed by atoms with Crippen molar-refractivity contribution in [3.63, 3.8) is 0 Å². The minimum Gasteiger partial charge on any atom is -0.491 e. The van der Waals surface area contributed by atoms with Crippen LogP contribution in [0.4, 0.5) is 8.78 Å². The summed E-state index contributed by atoms with van der Waals surface area (Å²) in [6.45, 7) is -0.412. The fraction of sp³-hybridized carbons (Fsp3) is 0.227. The highest BCUT2D eigenvalue weighted by molar-refractivity contribution is 5.94. The number of halogens is 2. The van der Waals surface area contributed by atoms with Crippen LogP contribution >= 0.6 is 0 Å². The Kier molecular flexibility index (Phi) is 5.83. The van der Waals surface area contributed by atoms with E-state index in [9.17, 15) is 13.6 Å². The first-order chi connectivity index (χ1) is 14.6. The molecule has 30 heavy (non-hydrogen) atoms. The molecule has 3 heterocycles. The van der Waals surface area contributed by atoms with Crippen molar-refractivity contribution in [3.05, 3.63) is 72.3 Å². The number of rotatable bonds is 6. The van der Waals surface area contributed by atoms with Crippen LogP contribution in [-0.2, 0) is 6.42 Å². The summed E-state index contributed by atoms with van der Waals surface area (Å²) >= 11 is 0. The van der Waals surface area contributed by atoms with Crippen molar-refractivity contribution in [2.45, 2.75) is 18.9 Å². The molecule has 0 bridgehead atoms. The third-order valence-corrected chi connectivity index (χ3v) is 4.71. The summed E-state index contributed by atoms with van der Waals surface area (Å²) in [5.74, 6) is 0.719. The number of nitrogens with zero attached hydrogens (tertiary/aromatic N) is 2. The number of alkyl halides is 2. The van der Waals surface area contributed by atoms with E-state index in [-0.39, 0.29) is 11.9 Å². The number of ether oxygens (including phenoxy) is 2. The van der Waals surface area contributed by atoms with Crippen LogP contribution in [0.3, 0.4) is 0 Å². The number of aromatic nitrogens is 2. The van der Waals surface area contributed by atoms with Gasteiger partial charge in [-0.2, -0.15) is 0 Å². The zero-order chi connectivity index (χ0) is 20.9. The highest BCUT2D eigenvalue weighted by Gasteiger charge is 2.27. The maximum Gasteiger partial charge on any atom is 0.272 e. The van der Waals surface area contributed by atoms with Gasteiger partial charge in [-0.1, -0.05) is 0 Å². The van der Waals surface area contributed by atoms with Crippen molar-refractivity contribution in [2.75, 3.05) is 13.2 Å². The van der Waals surface area contributed by atoms with Crippen molar-refractivity contribution >= 4 is 5.91 Å². The summed E-state index contributed by atoms with van der Waals surface area (Å²) < 4.78 is 36.7. The van der Waals surface area contributed by atoms with E-state index in [0.29, 0.717) is 35.7 Å². The molecule has 0 saturated carbocycles. The van der Waals surface area contributed by atoms with Crippen molar-refractivity contribution in [1.82, 2.24) is 15.3 Å². The van der Waals surface area contributed by atoms with Crippen LogP contribution in [0, 0.1) is 0 Å². The van der Waals surface area contributed by atoms with Crippen molar-refractivity contribution in [3.8, 4) is 22.6 Å². The highest BCUT2D eigenvalue weighted by atomic mass is 19.3. The number of amides is 1. The molecule has 0 unspecified atom stereocenters. The van der Waals surface area contributed by atoms with E-state index in [1.807, 2.05) is 0 Å². The molecular weight excluding hydrogens is 392 g/mol. The van der Waals surface area contributed by atoms with Crippen LogP contribution in [-0.4, -0.2) is 41.6 Å². The first-order valence-electron chi connectivity index (χ1n) is 9.42. The van der Waals surface area contributed by atoms with Gasteiger partial charge in [0.05, 0.1) is 11.6 Å². The van der Waals surface area contributed by atoms with E-state index < -0.39 is 13.0 Å². The van der Waals surface area contributed by atoms with Gasteiger partial charge in [0.2, 0.25) is 0 Å². The molecule has 4 rings (SSSR count). The molecule has 1 N–H and O–H groups in total. The number of pyridine rings is 2. The summed E-state index contributed by atoms with van der Waals surface area (Å²) in [6.07, 6.45) is 4.21. The highest BCUT2D eigenvalue weighted by Crippen LogP contribution is 2.41. The predicted molar refractivity (Wildman–Crippen MR) is 106 cm³/mol. The standard InChI is InChI=1S/C22H19F2N3O3/c23-20(24)13-30-19-4-3-18-17(21(19)14-5-8-25-9-6-14)10-16(12-29-18)27-22(28)15-2-1-7-26-11-15/h1-9,11,16,20H,10,12-13H2,(H,27,28)/t16-/m0/s1. The molecule has 1 atom stereocenters. The number of hydrogen-bond acceptors (Lipinski definition) is 5. The fourth-order valence-electron chi connectivity index (χ4n) is 3.41. The number of carbonyl (C=O) groups excluding carboxylic acids is 1. The van der Waals surface area contributed by atoms with Gasteiger partial charge in [-0.25, -0.2) is 8.78 Å². The third kappa shape index (κ3) is 4.37. The molecule has 0 spiro atoms. The zero-order valence-corrected chi connectivity index (χ0v) is 15.9. The lowest BCUT2D eigenvalue weighted by Crippen LogP contribution is -2.43. The average molecular weight is 411 g/mol. The SMILES string of the molecule is O=C(N[C@@H]1COc2ccc(OCC(F)F)c(-c3ccncc3)c2C1)c1cccnc1. The lowest BCUT2D eigenvalue weighted by molar-refractivity contribution is 0.0819. The minimum absolute atomic E-state index is 0.254. The van der Waals surface area contributed by atoms with Gasteiger partial charge in [0.1, 0.15) is 24.7 Å². The molecule has 0 aliphatic carbocycles. The molecule has 1 aromatic carbocycles. The summed E-state index contributed by atoms with van der Waals surface area (Å²) in [5.41, 5.74) is 2.67. The lowest BCUT2D eigenvalue weighted by Gasteiger charge is -2.29. The minimum atomic E-state index is -2.59. The molecule has 3 aromatic rings. The monoisotopic (exact) mass is 411 g/mol. The van der Waals surface area contributed by atoms with E-state index in [0.717, 1.165) is 11.1 Å². The fourth-order valence-corrected chi connectivity index (χ4v) is 3.41. The number of carbonyl (C=O) groups is 1. The largest absolute Gasteiger partial charge is 0.491 e. The molecule has 0 saturated heterocycles. The number of fused-ring (bicyclic) bond motifs is 1. The number of benzene rings is 1. The zero-order valence-electron chi connectivity index (χ0n) is 15.9. The summed E-state index contributed by atoms with van der Waals surface area (Å²) in [7, 11) is 0. The van der Waals surface area contributed by atoms with Crippen LogP contribution < -0.4 is 14.8 Å². The van der Waals surface area contributed by atoms with Gasteiger partial charge in [-0.15, -0.1) is 0 Å². The quantitative estimate of drug-likeness (QED) is 0.672. The molecule has 0 radical (unpaired) electrons. The van der Waals surface area contributed by atoms with Gasteiger partial charge in [0, 0.05) is 42.3 Å². The normalized spacial score (nSPS) is 15.2. The Labute approximate surface area is 171 Å². The van der Waals surface area contributed by atoms with Crippen LogP contribution in [0.2, 0.25) is 0 Å². The Bertz CT molecular complexity index is 1020. The lowest BCUT2D eigenvalue weighted by atomic mass is 9.92. The second-order valence-corrected chi connectivity index (χ2v) is 6.78. The summed E-state index contributed by atoms with van der Waals surface area (Å²) in [6, 6.07) is 9.97. The summed E-state index contributed by atoms with van der Waals surface area (Å²) in [4.78, 5) is 20.5. The number of nitrogens with one attached hydrogen (secondary N) is 1. The molecule has 1 aliphatic heterocycles. The molecule has 6 nitrogen and oxygen atoms in total. The Morgan fingerprint density at radius 1 is 1.17 bits per heavy atom. The van der Waals surface area contributed by atoms with Crippen LogP contribution in [0.5, 0.6) is 11.5 Å². The maximum atomic E-state index is 12.7. The van der Waals surface area contributed by atoms with Gasteiger partial charge in [-0.05, 0) is 42.0 Å². The first-order valence-corrected chi connectivity index (χ1v) is 9.42. The molecule has 0 fully saturated rings. The van der Waals surface area contributed by atoms with Crippen LogP contribution in [0.1, 0.15) is 15.9 Å². The van der Waals surface area contributed by atoms with E-state index in [4.69, 9.17) is 9.47 Å². The van der Waals surface area contributed by atoms with Gasteiger partial charge in [0.25, 0.3) is 12.3 Å². The smallest absolute Gasteiger partial charge is 0.272 e. The Hall–Kier alpha value is -3.55.